The molecule has 1 aliphatic heterocycles. The summed E-state index contributed by atoms with van der Waals surface area (Å²) < 4.78 is 34.7. The Morgan fingerprint density at radius 3 is 3.12 bits per heavy atom. The third-order valence-electron chi connectivity index (χ3n) is 2.48. The average molecular weight is 323 g/mol. The maximum atomic E-state index is 11.4. The van der Waals surface area contributed by atoms with Crippen LogP contribution in [0, 0.1) is 0 Å². The second kappa shape index (κ2) is 4.50. The number of fused-ring (bicyclic) bond motifs is 1. The second-order valence-electron chi connectivity index (χ2n) is 3.75. The highest BCUT2D eigenvalue weighted by Gasteiger charge is 2.39. The molecule has 1 aliphatic rings. The first-order valence-corrected chi connectivity index (χ1v) is 6.17. The van der Waals surface area contributed by atoms with Gasteiger partial charge in [0.05, 0.1) is 21.7 Å². The predicted octanol–water partition coefficient (Wildman–Crippen LogP) is 3.66. The Morgan fingerprint density at radius 1 is 1.71 bits per heavy atom. The van der Waals surface area contributed by atoms with Crippen molar-refractivity contribution in [3.63, 3.8) is 0 Å². The Bertz CT molecular complexity index is 562. The fourth-order valence-electron chi connectivity index (χ4n) is 1.82. The van der Waals surface area contributed by atoms with Gasteiger partial charge in [-0.15, -0.1) is 0 Å². The van der Waals surface area contributed by atoms with E-state index in [1.807, 2.05) is 0 Å². The molecule has 1 heterocycles. The van der Waals surface area contributed by atoms with Crippen molar-refractivity contribution in [1.82, 2.24) is 0 Å². The predicted molar refractivity (Wildman–Crippen MR) is 68.4 cm³/mol. The molecule has 17 heavy (non-hydrogen) atoms. The zero-order valence-corrected chi connectivity index (χ0v) is 11.4. The van der Waals surface area contributed by atoms with E-state index >= 15 is 0 Å². The van der Waals surface area contributed by atoms with Crippen molar-refractivity contribution < 1.29 is 18.4 Å². The normalized spacial score (nSPS) is 25.9. The number of hydrogen-bond donors (Lipinski definition) is 0. The molecule has 0 amide bonds. The number of carbonyl (C=O) groups excluding carboxylic acids is 1. The molecule has 1 aromatic rings. The largest absolute Gasteiger partial charge is 0.492 e. The van der Waals surface area contributed by atoms with Crippen LogP contribution < -0.4 is 4.74 Å². The third-order valence-corrected chi connectivity index (χ3v) is 3.42. The molecule has 92 valence electrons. The van der Waals surface area contributed by atoms with Crippen LogP contribution in [0.25, 0.3) is 0 Å². The molecule has 1 aromatic carbocycles. The minimum Gasteiger partial charge on any atom is -0.492 e. The lowest BCUT2D eigenvalue weighted by atomic mass is 9.89. The molecule has 0 N–H and O–H groups in total. The van der Waals surface area contributed by atoms with Gasteiger partial charge in [-0.1, -0.05) is 11.6 Å². The number of hydrogen-bond acceptors (Lipinski definition) is 3. The summed E-state index contributed by atoms with van der Waals surface area (Å²) in [4.78, 5) is 11.4. The van der Waals surface area contributed by atoms with E-state index in [-0.39, 0.29) is 23.6 Å². The van der Waals surface area contributed by atoms with Gasteiger partial charge in [-0.25, -0.2) is 0 Å². The average Bonchev–Trinajstić information content (AvgIpc) is 2.32. The summed E-state index contributed by atoms with van der Waals surface area (Å²) in [5, 5.41) is 0.195. The SMILES string of the molecule is [2H]C([2H])([2H])C1(OC(C)=O)CCOc2c(Br)ccc(Cl)c21. The summed E-state index contributed by atoms with van der Waals surface area (Å²) in [6, 6.07) is 3.20. The van der Waals surface area contributed by atoms with E-state index < -0.39 is 18.4 Å². The van der Waals surface area contributed by atoms with Gasteiger partial charge in [0.2, 0.25) is 0 Å². The van der Waals surface area contributed by atoms with Crippen LogP contribution in [0.1, 0.15) is 29.9 Å². The third kappa shape index (κ3) is 2.29. The molecule has 0 spiro atoms. The first-order chi connectivity index (χ1) is 9.19. The molecule has 5 heteroatoms. The van der Waals surface area contributed by atoms with E-state index in [9.17, 15) is 4.79 Å². The number of rotatable bonds is 1. The van der Waals surface area contributed by atoms with Gasteiger partial charge in [0.1, 0.15) is 11.4 Å². The van der Waals surface area contributed by atoms with Crippen LogP contribution in [0.15, 0.2) is 16.6 Å². The van der Waals surface area contributed by atoms with Gasteiger partial charge in [-0.2, -0.15) is 0 Å². The van der Waals surface area contributed by atoms with Crippen LogP contribution >= 0.6 is 27.5 Å². The molecule has 0 bridgehead atoms. The molecule has 0 saturated heterocycles. The summed E-state index contributed by atoms with van der Waals surface area (Å²) in [5.74, 6) is -0.369. The topological polar surface area (TPSA) is 35.5 Å². The lowest BCUT2D eigenvalue weighted by molar-refractivity contribution is -0.159. The van der Waals surface area contributed by atoms with E-state index in [2.05, 4.69) is 15.9 Å². The van der Waals surface area contributed by atoms with Crippen molar-refractivity contribution >= 4 is 33.5 Å². The van der Waals surface area contributed by atoms with Crippen molar-refractivity contribution in [2.24, 2.45) is 0 Å². The molecule has 3 nitrogen and oxygen atoms in total. The molecule has 1 unspecified atom stereocenters. The van der Waals surface area contributed by atoms with E-state index in [0.717, 1.165) is 0 Å². The summed E-state index contributed by atoms with van der Waals surface area (Å²) >= 11 is 9.44. The second-order valence-corrected chi connectivity index (χ2v) is 5.01. The lowest BCUT2D eigenvalue weighted by Gasteiger charge is -2.36. The van der Waals surface area contributed by atoms with Crippen molar-refractivity contribution in [3.05, 3.63) is 27.2 Å². The van der Waals surface area contributed by atoms with E-state index in [4.69, 9.17) is 25.2 Å². The van der Waals surface area contributed by atoms with Gasteiger partial charge < -0.3 is 9.47 Å². The molecule has 1 atom stereocenters. The molecule has 0 fully saturated rings. The fraction of sp³-hybridized carbons (Fsp3) is 0.417. The zero-order valence-electron chi connectivity index (χ0n) is 12.0. The van der Waals surface area contributed by atoms with Gasteiger partial charge in [-0.3, -0.25) is 4.79 Å². The fourth-order valence-corrected chi connectivity index (χ4v) is 2.57. The Labute approximate surface area is 117 Å². The zero-order chi connectivity index (χ0) is 15.1. The van der Waals surface area contributed by atoms with E-state index in [1.165, 1.54) is 6.92 Å². The molecular formula is C12H12BrClO3. The van der Waals surface area contributed by atoms with Crippen LogP contribution in [0.4, 0.5) is 0 Å². The Hall–Kier alpha value is -0.740. The van der Waals surface area contributed by atoms with Crippen molar-refractivity contribution in [2.75, 3.05) is 6.61 Å². The first-order valence-electron chi connectivity index (χ1n) is 6.50. The van der Waals surface area contributed by atoms with Crippen molar-refractivity contribution in [2.45, 2.75) is 25.8 Å². The van der Waals surface area contributed by atoms with E-state index in [1.54, 1.807) is 12.1 Å². The Balaban J connectivity index is 2.74. The molecule has 0 aromatic heterocycles. The van der Waals surface area contributed by atoms with Gasteiger partial charge in [0.25, 0.3) is 0 Å². The van der Waals surface area contributed by atoms with Gasteiger partial charge in [-0.05, 0) is 34.9 Å². The van der Waals surface area contributed by atoms with Gasteiger partial charge in [0.15, 0.2) is 0 Å². The Morgan fingerprint density at radius 2 is 2.47 bits per heavy atom. The van der Waals surface area contributed by atoms with Gasteiger partial charge in [0, 0.05) is 17.5 Å². The first kappa shape index (κ1) is 9.22. The van der Waals surface area contributed by atoms with Crippen LogP contribution in [0.2, 0.25) is 5.02 Å². The molecule has 0 saturated carbocycles. The van der Waals surface area contributed by atoms with Crippen LogP contribution in [0.3, 0.4) is 0 Å². The highest BCUT2D eigenvalue weighted by atomic mass is 79.9. The highest BCUT2D eigenvalue weighted by Crippen LogP contribution is 2.46. The Kier molecular flexibility index (Phi) is 2.44. The van der Waals surface area contributed by atoms with Crippen molar-refractivity contribution in [1.29, 1.82) is 0 Å². The van der Waals surface area contributed by atoms with Gasteiger partial charge >= 0.3 is 5.97 Å². The van der Waals surface area contributed by atoms with Crippen LogP contribution in [-0.4, -0.2) is 12.6 Å². The minimum absolute atomic E-state index is 0.0201. The summed E-state index contributed by atoms with van der Waals surface area (Å²) in [6.45, 7) is -1.26. The quantitative estimate of drug-likeness (QED) is 0.740. The maximum Gasteiger partial charge on any atom is 0.303 e. The number of esters is 1. The lowest BCUT2D eigenvalue weighted by Crippen LogP contribution is -2.34. The number of halogens is 2. The number of ether oxygens (including phenoxy) is 2. The number of carbonyl (C=O) groups is 1. The summed E-state index contributed by atoms with van der Waals surface area (Å²) in [5.41, 5.74) is -1.59. The maximum absolute atomic E-state index is 11.4. The highest BCUT2D eigenvalue weighted by molar-refractivity contribution is 9.10. The summed E-state index contributed by atoms with van der Waals surface area (Å²) in [6.07, 6.45) is 0.0201. The molecule has 0 aliphatic carbocycles. The smallest absolute Gasteiger partial charge is 0.303 e. The standard InChI is InChI=1S/C12H12BrClO3/c1-7(15)17-12(2)5-6-16-11-8(13)3-4-9(14)10(11)12/h3-4H,5-6H2,1-2H3/i2D3. The minimum atomic E-state index is -2.55. The van der Waals surface area contributed by atoms with E-state index in [0.29, 0.717) is 10.2 Å². The molecule has 0 radical (unpaired) electrons. The molecular weight excluding hydrogens is 307 g/mol. The number of benzene rings is 1. The van der Waals surface area contributed by atoms with Crippen LogP contribution in [-0.2, 0) is 15.1 Å². The van der Waals surface area contributed by atoms with Crippen molar-refractivity contribution in [3.8, 4) is 5.75 Å². The molecule has 2 rings (SSSR count). The monoisotopic (exact) mass is 321 g/mol. The van der Waals surface area contributed by atoms with Crippen LogP contribution in [0.5, 0.6) is 5.75 Å². The summed E-state index contributed by atoms with van der Waals surface area (Å²) in [7, 11) is 0.